The molecule has 1 rings (SSSR count). The summed E-state index contributed by atoms with van der Waals surface area (Å²) in [6, 6.07) is 0. The summed E-state index contributed by atoms with van der Waals surface area (Å²) in [6.45, 7) is 0. The molecule has 0 aliphatic rings. The number of hydrogen-bond acceptors (Lipinski definition) is 1. The summed E-state index contributed by atoms with van der Waals surface area (Å²) in [4.78, 5) is 2.52. The first-order valence-corrected chi connectivity index (χ1v) is 4.18. The zero-order chi connectivity index (χ0) is 14.2. The lowest BCUT2D eigenvalue weighted by molar-refractivity contribution is -0.0584. The Labute approximate surface area is 94.7 Å². The van der Waals surface area contributed by atoms with Crippen molar-refractivity contribution in [1.29, 1.82) is 0 Å². The van der Waals surface area contributed by atoms with Crippen molar-refractivity contribution in [1.82, 2.24) is 0 Å². The summed E-state index contributed by atoms with van der Waals surface area (Å²) in [7, 11) is 0.515. The Morgan fingerprint density at radius 3 is 1.39 bits per heavy atom. The molecule has 0 heterocycles. The van der Waals surface area contributed by atoms with Gasteiger partial charge in [-0.25, -0.2) is 22.0 Å². The highest BCUT2D eigenvalue weighted by Gasteiger charge is 2.42. The monoisotopic (exact) mass is 277 g/mol. The molecule has 0 N–H and O–H groups in total. The van der Waals surface area contributed by atoms with E-state index in [1.807, 2.05) is 0 Å². The normalized spacial score (nSPS) is 13.1. The van der Waals surface area contributed by atoms with Crippen molar-refractivity contribution >= 4 is 5.71 Å². The lowest BCUT2D eigenvalue weighted by Gasteiger charge is -2.13. The van der Waals surface area contributed by atoms with Crippen LogP contribution in [-0.4, -0.2) is 18.9 Å². The van der Waals surface area contributed by atoms with Gasteiger partial charge < -0.3 is 0 Å². The van der Waals surface area contributed by atoms with Gasteiger partial charge in [0.2, 0.25) is 5.82 Å². The number of rotatable bonds is 1. The minimum atomic E-state index is -5.35. The molecule has 9 heteroatoms. The Bertz CT molecular complexity index is 487. The fraction of sp³-hybridized carbons (Fsp3) is 0.222. The standard InChI is InChI=1S/C9H3F8N/c1-18-8(9(15,16)17)2-3(10)5(12)7(14)6(13)4(2)11/h1H3. The minimum absolute atomic E-state index is 0.515. The predicted octanol–water partition coefficient (Wildman–Crippen LogP) is 3.36. The quantitative estimate of drug-likeness (QED) is 0.323. The molecule has 0 fully saturated rings. The van der Waals surface area contributed by atoms with Crippen LogP contribution in [0.1, 0.15) is 5.56 Å². The summed E-state index contributed by atoms with van der Waals surface area (Å²) in [5, 5.41) is 0. The Hall–Kier alpha value is -1.67. The summed E-state index contributed by atoms with van der Waals surface area (Å²) in [5.41, 5.74) is -4.28. The third-order valence-corrected chi connectivity index (χ3v) is 1.94. The number of halogens is 8. The maximum absolute atomic E-state index is 13.1. The van der Waals surface area contributed by atoms with Crippen molar-refractivity contribution in [3.05, 3.63) is 34.6 Å². The second-order valence-corrected chi connectivity index (χ2v) is 3.01. The summed E-state index contributed by atoms with van der Waals surface area (Å²) in [5.74, 6) is -12.6. The summed E-state index contributed by atoms with van der Waals surface area (Å²) in [6.07, 6.45) is -5.35. The van der Waals surface area contributed by atoms with Crippen LogP contribution in [0, 0.1) is 29.1 Å². The first kappa shape index (κ1) is 14.4. The molecule has 1 aromatic rings. The van der Waals surface area contributed by atoms with E-state index in [9.17, 15) is 35.1 Å². The van der Waals surface area contributed by atoms with E-state index in [1.54, 1.807) is 0 Å². The van der Waals surface area contributed by atoms with Gasteiger partial charge in [0.15, 0.2) is 29.0 Å². The second-order valence-electron chi connectivity index (χ2n) is 3.01. The van der Waals surface area contributed by atoms with E-state index in [0.29, 0.717) is 7.05 Å². The van der Waals surface area contributed by atoms with E-state index in [0.717, 1.165) is 0 Å². The van der Waals surface area contributed by atoms with Gasteiger partial charge in [-0.3, -0.25) is 4.99 Å². The van der Waals surface area contributed by atoms with Gasteiger partial charge in [0.05, 0.1) is 5.56 Å². The lowest BCUT2D eigenvalue weighted by Crippen LogP contribution is -2.27. The zero-order valence-corrected chi connectivity index (χ0v) is 8.47. The molecule has 0 atom stereocenters. The molecule has 0 aliphatic carbocycles. The van der Waals surface area contributed by atoms with Crippen molar-refractivity contribution in [2.24, 2.45) is 4.99 Å². The molecule has 0 saturated carbocycles. The minimum Gasteiger partial charge on any atom is -0.283 e. The molecule has 0 spiro atoms. The van der Waals surface area contributed by atoms with Crippen LogP contribution in [0.3, 0.4) is 0 Å². The Morgan fingerprint density at radius 1 is 0.778 bits per heavy atom. The average Bonchev–Trinajstić information content (AvgIpc) is 2.27. The van der Waals surface area contributed by atoms with Crippen LogP contribution >= 0.6 is 0 Å². The number of alkyl halides is 3. The molecule has 100 valence electrons. The van der Waals surface area contributed by atoms with Crippen LogP contribution in [0.4, 0.5) is 35.1 Å². The maximum atomic E-state index is 13.1. The maximum Gasteiger partial charge on any atom is 0.433 e. The van der Waals surface area contributed by atoms with Crippen LogP contribution < -0.4 is 0 Å². The smallest absolute Gasteiger partial charge is 0.283 e. The fourth-order valence-corrected chi connectivity index (χ4v) is 1.19. The van der Waals surface area contributed by atoms with Crippen molar-refractivity contribution in [3.63, 3.8) is 0 Å². The number of hydrogen-bond donors (Lipinski definition) is 0. The highest BCUT2D eigenvalue weighted by atomic mass is 19.4. The van der Waals surface area contributed by atoms with Gasteiger partial charge in [-0.2, -0.15) is 13.2 Å². The molecule has 18 heavy (non-hydrogen) atoms. The van der Waals surface area contributed by atoms with Gasteiger partial charge in [-0.1, -0.05) is 0 Å². The molecule has 0 aromatic heterocycles. The van der Waals surface area contributed by atoms with Crippen LogP contribution in [-0.2, 0) is 0 Å². The van der Waals surface area contributed by atoms with Gasteiger partial charge in [0, 0.05) is 7.05 Å². The van der Waals surface area contributed by atoms with Crippen LogP contribution in [0.25, 0.3) is 0 Å². The average molecular weight is 277 g/mol. The second kappa shape index (κ2) is 4.54. The van der Waals surface area contributed by atoms with E-state index in [1.165, 1.54) is 0 Å². The van der Waals surface area contributed by atoms with Crippen LogP contribution in [0.2, 0.25) is 0 Å². The van der Waals surface area contributed by atoms with Gasteiger partial charge in [0.25, 0.3) is 0 Å². The third kappa shape index (κ3) is 2.16. The van der Waals surface area contributed by atoms with E-state index in [-0.39, 0.29) is 0 Å². The van der Waals surface area contributed by atoms with Gasteiger partial charge in [0.1, 0.15) is 0 Å². The molecular formula is C9H3F8N. The Kier molecular flexibility index (Phi) is 3.63. The van der Waals surface area contributed by atoms with Gasteiger partial charge in [-0.05, 0) is 0 Å². The van der Waals surface area contributed by atoms with Crippen LogP contribution in [0.15, 0.2) is 4.99 Å². The Balaban J connectivity index is 3.71. The van der Waals surface area contributed by atoms with E-state index in [2.05, 4.69) is 4.99 Å². The molecule has 0 bridgehead atoms. The highest BCUT2D eigenvalue weighted by molar-refractivity contribution is 6.05. The topological polar surface area (TPSA) is 12.4 Å². The summed E-state index contributed by atoms with van der Waals surface area (Å²) >= 11 is 0. The third-order valence-electron chi connectivity index (χ3n) is 1.94. The van der Waals surface area contributed by atoms with Gasteiger partial charge >= 0.3 is 6.18 Å². The zero-order valence-electron chi connectivity index (χ0n) is 8.47. The SMILES string of the molecule is CN=C(c1c(F)c(F)c(F)c(F)c1F)C(F)(F)F. The van der Waals surface area contributed by atoms with E-state index in [4.69, 9.17) is 0 Å². The fourth-order valence-electron chi connectivity index (χ4n) is 1.19. The van der Waals surface area contributed by atoms with Crippen molar-refractivity contribution in [2.75, 3.05) is 7.05 Å². The molecule has 0 amide bonds. The molecule has 1 aromatic carbocycles. The van der Waals surface area contributed by atoms with E-state index < -0.39 is 46.5 Å². The molecule has 0 aliphatic heterocycles. The largest absolute Gasteiger partial charge is 0.433 e. The van der Waals surface area contributed by atoms with Crippen molar-refractivity contribution in [2.45, 2.75) is 6.18 Å². The van der Waals surface area contributed by atoms with Crippen LogP contribution in [0.5, 0.6) is 0 Å². The first-order chi connectivity index (χ1) is 8.12. The van der Waals surface area contributed by atoms with Gasteiger partial charge in [-0.15, -0.1) is 0 Å². The molecule has 0 saturated heterocycles. The summed E-state index contributed by atoms with van der Waals surface area (Å²) < 4.78 is 101. The van der Waals surface area contributed by atoms with E-state index >= 15 is 0 Å². The predicted molar refractivity (Wildman–Crippen MR) is 44.7 cm³/mol. The molecule has 0 unspecified atom stereocenters. The first-order valence-electron chi connectivity index (χ1n) is 4.18. The molecule has 1 nitrogen and oxygen atoms in total. The Morgan fingerprint density at radius 2 is 1.11 bits per heavy atom. The number of aliphatic imine (C=N–C) groups is 1. The lowest BCUT2D eigenvalue weighted by atomic mass is 10.1. The van der Waals surface area contributed by atoms with Crippen molar-refractivity contribution in [3.8, 4) is 0 Å². The molecule has 0 radical (unpaired) electrons. The number of benzene rings is 1. The number of nitrogens with zero attached hydrogens (tertiary/aromatic N) is 1. The highest BCUT2D eigenvalue weighted by Crippen LogP contribution is 2.29. The van der Waals surface area contributed by atoms with Crippen molar-refractivity contribution < 1.29 is 35.1 Å². The molecular weight excluding hydrogens is 274 g/mol.